The van der Waals surface area contributed by atoms with Gasteiger partial charge in [-0.15, -0.1) is 0 Å². The highest BCUT2D eigenvalue weighted by Crippen LogP contribution is 2.14. The van der Waals surface area contributed by atoms with Gasteiger partial charge in [-0.25, -0.2) is 14.4 Å². The van der Waals surface area contributed by atoms with E-state index in [0.717, 1.165) is 11.1 Å². The summed E-state index contributed by atoms with van der Waals surface area (Å²) in [4.78, 5) is 20.5. The van der Waals surface area contributed by atoms with E-state index in [1.54, 1.807) is 18.2 Å². The Kier molecular flexibility index (Phi) is 6.33. The summed E-state index contributed by atoms with van der Waals surface area (Å²) in [5.41, 5.74) is 2.22. The Morgan fingerprint density at radius 3 is 2.44 bits per heavy atom. The summed E-state index contributed by atoms with van der Waals surface area (Å²) in [5, 5.41) is 6.47. The van der Waals surface area contributed by atoms with E-state index in [9.17, 15) is 9.18 Å². The van der Waals surface area contributed by atoms with Crippen LogP contribution >= 0.6 is 11.6 Å². The van der Waals surface area contributed by atoms with Crippen molar-refractivity contribution in [2.24, 2.45) is 0 Å². The molecule has 5 nitrogen and oxygen atoms in total. The summed E-state index contributed by atoms with van der Waals surface area (Å²) in [7, 11) is 0. The van der Waals surface area contributed by atoms with Crippen LogP contribution in [0.4, 0.5) is 10.3 Å². The standard InChI is InChI=1S/C20H18ClFN4O/c21-18-4-2-1-3-15(18)11-24-19(27)16-12-25-20(26-13-16)23-10-9-14-5-7-17(22)8-6-14/h1-8,12-13H,9-11H2,(H,24,27)(H,23,25,26). The molecular formula is C20H18ClFN4O. The Morgan fingerprint density at radius 1 is 1.04 bits per heavy atom. The van der Waals surface area contributed by atoms with Gasteiger partial charge < -0.3 is 10.6 Å². The van der Waals surface area contributed by atoms with Crippen molar-refractivity contribution in [1.29, 1.82) is 0 Å². The zero-order valence-electron chi connectivity index (χ0n) is 14.5. The van der Waals surface area contributed by atoms with Crippen molar-refractivity contribution in [1.82, 2.24) is 15.3 Å². The molecule has 0 atom stereocenters. The number of amides is 1. The van der Waals surface area contributed by atoms with Crippen LogP contribution in [-0.4, -0.2) is 22.4 Å². The van der Waals surface area contributed by atoms with Gasteiger partial charge in [0.1, 0.15) is 5.82 Å². The summed E-state index contributed by atoms with van der Waals surface area (Å²) < 4.78 is 12.9. The zero-order chi connectivity index (χ0) is 19.1. The maximum atomic E-state index is 12.9. The van der Waals surface area contributed by atoms with Gasteiger partial charge in [0.05, 0.1) is 5.56 Å². The van der Waals surface area contributed by atoms with Crippen LogP contribution in [-0.2, 0) is 13.0 Å². The largest absolute Gasteiger partial charge is 0.354 e. The summed E-state index contributed by atoms with van der Waals surface area (Å²) in [6, 6.07) is 13.7. The lowest BCUT2D eigenvalue weighted by atomic mass is 10.1. The lowest BCUT2D eigenvalue weighted by Crippen LogP contribution is -2.23. The number of hydrogen-bond donors (Lipinski definition) is 2. The van der Waals surface area contributed by atoms with Crippen LogP contribution in [0.3, 0.4) is 0 Å². The molecule has 0 saturated heterocycles. The Bertz CT molecular complexity index is 901. The van der Waals surface area contributed by atoms with Gasteiger partial charge >= 0.3 is 0 Å². The Hall–Kier alpha value is -2.99. The van der Waals surface area contributed by atoms with Crippen molar-refractivity contribution in [3.05, 3.63) is 88.5 Å². The average molecular weight is 385 g/mol. The number of nitrogens with one attached hydrogen (secondary N) is 2. The molecule has 0 spiro atoms. The second-order valence-corrected chi connectivity index (χ2v) is 6.28. The van der Waals surface area contributed by atoms with E-state index in [-0.39, 0.29) is 11.7 Å². The van der Waals surface area contributed by atoms with Crippen molar-refractivity contribution in [3.63, 3.8) is 0 Å². The van der Waals surface area contributed by atoms with Gasteiger partial charge in [-0.2, -0.15) is 0 Å². The monoisotopic (exact) mass is 384 g/mol. The molecule has 0 aliphatic rings. The lowest BCUT2D eigenvalue weighted by Gasteiger charge is -2.08. The molecule has 3 rings (SSSR count). The average Bonchev–Trinajstić information content (AvgIpc) is 2.69. The van der Waals surface area contributed by atoms with Crippen molar-refractivity contribution in [2.75, 3.05) is 11.9 Å². The summed E-state index contributed by atoms with van der Waals surface area (Å²) in [5.74, 6) is -0.0917. The highest BCUT2D eigenvalue weighted by atomic mass is 35.5. The van der Waals surface area contributed by atoms with Crippen LogP contribution in [0, 0.1) is 5.82 Å². The highest BCUT2D eigenvalue weighted by Gasteiger charge is 2.08. The molecule has 1 amide bonds. The molecule has 3 aromatic rings. The zero-order valence-corrected chi connectivity index (χ0v) is 15.2. The minimum absolute atomic E-state index is 0.251. The van der Waals surface area contributed by atoms with Crippen molar-refractivity contribution in [2.45, 2.75) is 13.0 Å². The van der Waals surface area contributed by atoms with Gasteiger partial charge in [0.2, 0.25) is 5.95 Å². The van der Waals surface area contributed by atoms with Crippen LogP contribution in [0.5, 0.6) is 0 Å². The SMILES string of the molecule is O=C(NCc1ccccc1Cl)c1cnc(NCCc2ccc(F)cc2)nc1. The van der Waals surface area contributed by atoms with Gasteiger partial charge in [0.15, 0.2) is 0 Å². The maximum Gasteiger partial charge on any atom is 0.254 e. The molecule has 1 heterocycles. The Balaban J connectivity index is 1.48. The van der Waals surface area contributed by atoms with Crippen LogP contribution in [0.1, 0.15) is 21.5 Å². The predicted molar refractivity (Wildman–Crippen MR) is 103 cm³/mol. The molecule has 1 aromatic heterocycles. The molecule has 27 heavy (non-hydrogen) atoms. The molecule has 0 radical (unpaired) electrons. The number of halogens is 2. The minimum Gasteiger partial charge on any atom is -0.354 e. The number of carbonyl (C=O) groups excluding carboxylic acids is 1. The predicted octanol–water partition coefficient (Wildman–Crippen LogP) is 3.85. The number of benzene rings is 2. The first-order valence-electron chi connectivity index (χ1n) is 8.44. The highest BCUT2D eigenvalue weighted by molar-refractivity contribution is 6.31. The molecule has 0 bridgehead atoms. The molecule has 2 N–H and O–H groups in total. The number of hydrogen-bond acceptors (Lipinski definition) is 4. The van der Waals surface area contributed by atoms with E-state index < -0.39 is 0 Å². The minimum atomic E-state index is -0.271. The second kappa shape index (κ2) is 9.09. The number of nitrogens with zero attached hydrogens (tertiary/aromatic N) is 2. The fraction of sp³-hybridized carbons (Fsp3) is 0.150. The van der Waals surface area contributed by atoms with E-state index in [2.05, 4.69) is 20.6 Å². The summed E-state index contributed by atoms with van der Waals surface area (Å²) >= 11 is 6.07. The topological polar surface area (TPSA) is 66.9 Å². The number of aromatic nitrogens is 2. The first kappa shape index (κ1) is 18.8. The Labute approximate surface area is 161 Å². The fourth-order valence-corrected chi connectivity index (χ4v) is 2.63. The molecule has 7 heteroatoms. The third kappa shape index (κ3) is 5.49. The van der Waals surface area contributed by atoms with E-state index in [0.29, 0.717) is 36.0 Å². The van der Waals surface area contributed by atoms with Crippen LogP contribution in [0.15, 0.2) is 60.9 Å². The first-order valence-corrected chi connectivity index (χ1v) is 8.81. The fourth-order valence-electron chi connectivity index (χ4n) is 2.43. The molecular weight excluding hydrogens is 367 g/mol. The summed E-state index contributed by atoms with van der Waals surface area (Å²) in [6.45, 7) is 0.930. The van der Waals surface area contributed by atoms with Crippen LogP contribution in [0.25, 0.3) is 0 Å². The van der Waals surface area contributed by atoms with E-state index in [1.165, 1.54) is 24.5 Å². The summed E-state index contributed by atoms with van der Waals surface area (Å²) in [6.07, 6.45) is 3.65. The quantitative estimate of drug-likeness (QED) is 0.649. The molecule has 138 valence electrons. The number of carbonyl (C=O) groups is 1. The van der Waals surface area contributed by atoms with Crippen molar-refractivity contribution in [3.8, 4) is 0 Å². The maximum absolute atomic E-state index is 12.9. The van der Waals surface area contributed by atoms with E-state index in [1.807, 2.05) is 18.2 Å². The lowest BCUT2D eigenvalue weighted by molar-refractivity contribution is 0.0950. The van der Waals surface area contributed by atoms with Crippen LogP contribution < -0.4 is 10.6 Å². The van der Waals surface area contributed by atoms with E-state index >= 15 is 0 Å². The second-order valence-electron chi connectivity index (χ2n) is 5.87. The van der Waals surface area contributed by atoms with Crippen molar-refractivity contribution < 1.29 is 9.18 Å². The molecule has 0 unspecified atom stereocenters. The third-order valence-corrected chi connectivity index (χ3v) is 4.29. The third-order valence-electron chi connectivity index (χ3n) is 3.92. The molecule has 0 fully saturated rings. The van der Waals surface area contributed by atoms with Gasteiger partial charge in [0.25, 0.3) is 5.91 Å². The molecule has 0 aliphatic carbocycles. The van der Waals surface area contributed by atoms with E-state index in [4.69, 9.17) is 11.6 Å². The molecule has 2 aromatic carbocycles. The van der Waals surface area contributed by atoms with Crippen molar-refractivity contribution >= 4 is 23.5 Å². The molecule has 0 saturated carbocycles. The van der Waals surface area contributed by atoms with Gasteiger partial charge in [-0.05, 0) is 35.7 Å². The van der Waals surface area contributed by atoms with Gasteiger partial charge in [-0.1, -0.05) is 41.9 Å². The van der Waals surface area contributed by atoms with Gasteiger partial charge in [-0.3, -0.25) is 4.79 Å². The normalized spacial score (nSPS) is 10.4. The molecule has 0 aliphatic heterocycles. The first-order chi connectivity index (χ1) is 13.1. The smallest absolute Gasteiger partial charge is 0.254 e. The van der Waals surface area contributed by atoms with Gasteiger partial charge in [0, 0.05) is 30.5 Å². The number of anilines is 1. The van der Waals surface area contributed by atoms with Crippen LogP contribution in [0.2, 0.25) is 5.02 Å². The Morgan fingerprint density at radius 2 is 1.74 bits per heavy atom. The number of rotatable bonds is 7.